The van der Waals surface area contributed by atoms with Crippen LogP contribution in [0.3, 0.4) is 0 Å². The van der Waals surface area contributed by atoms with Crippen molar-refractivity contribution < 1.29 is 9.59 Å². The van der Waals surface area contributed by atoms with E-state index in [1.807, 2.05) is 61.5 Å². The lowest BCUT2D eigenvalue weighted by Gasteiger charge is -2.19. The lowest BCUT2D eigenvalue weighted by molar-refractivity contribution is -0.123. The van der Waals surface area contributed by atoms with E-state index in [-0.39, 0.29) is 11.8 Å². The molecule has 33 heavy (non-hydrogen) atoms. The van der Waals surface area contributed by atoms with E-state index in [9.17, 15) is 9.59 Å². The van der Waals surface area contributed by atoms with Crippen molar-refractivity contribution in [1.82, 2.24) is 20.2 Å². The molecule has 1 heterocycles. The van der Waals surface area contributed by atoms with E-state index in [1.54, 1.807) is 24.3 Å². The Bertz CT molecular complexity index is 1250. The predicted octanol–water partition coefficient (Wildman–Crippen LogP) is 4.16. The summed E-state index contributed by atoms with van der Waals surface area (Å²) in [4.78, 5) is 30.4. The molecular formula is C26H25ClN4O2. The fraction of sp³-hybridized carbons (Fsp3) is 0.192. The molecule has 0 saturated carbocycles. The summed E-state index contributed by atoms with van der Waals surface area (Å²) in [7, 11) is 0. The Balaban J connectivity index is 1.44. The van der Waals surface area contributed by atoms with Crippen molar-refractivity contribution in [2.24, 2.45) is 0 Å². The predicted molar refractivity (Wildman–Crippen MR) is 130 cm³/mol. The minimum atomic E-state index is -0.712. The molecule has 1 atom stereocenters. The zero-order chi connectivity index (χ0) is 23.2. The van der Waals surface area contributed by atoms with Crippen LogP contribution in [0.2, 0.25) is 5.02 Å². The highest BCUT2D eigenvalue weighted by molar-refractivity contribution is 6.30. The van der Waals surface area contributed by atoms with Crippen LogP contribution in [-0.2, 0) is 17.8 Å². The summed E-state index contributed by atoms with van der Waals surface area (Å²) in [5.74, 6) is 0.338. The number of fused-ring (bicyclic) bond motifs is 1. The topological polar surface area (TPSA) is 76.0 Å². The van der Waals surface area contributed by atoms with Crippen molar-refractivity contribution in [3.8, 4) is 0 Å². The molecule has 4 rings (SSSR count). The summed E-state index contributed by atoms with van der Waals surface area (Å²) in [5, 5.41) is 6.40. The first kappa shape index (κ1) is 22.6. The van der Waals surface area contributed by atoms with Gasteiger partial charge in [-0.2, -0.15) is 0 Å². The Kier molecular flexibility index (Phi) is 7.05. The van der Waals surface area contributed by atoms with Gasteiger partial charge in [0.05, 0.1) is 11.0 Å². The lowest BCUT2D eigenvalue weighted by Crippen LogP contribution is -2.48. The van der Waals surface area contributed by atoms with Gasteiger partial charge in [-0.3, -0.25) is 9.59 Å². The molecule has 0 aliphatic rings. The summed E-state index contributed by atoms with van der Waals surface area (Å²) in [6.07, 6.45) is 0.388. The van der Waals surface area contributed by atoms with Gasteiger partial charge in [-0.25, -0.2) is 4.98 Å². The smallest absolute Gasteiger partial charge is 0.251 e. The largest absolute Gasteiger partial charge is 0.353 e. The third-order valence-electron chi connectivity index (χ3n) is 5.49. The molecule has 0 aliphatic heterocycles. The molecule has 3 aromatic carbocycles. The van der Waals surface area contributed by atoms with Gasteiger partial charge >= 0.3 is 0 Å². The maximum absolute atomic E-state index is 13.1. The zero-order valence-electron chi connectivity index (χ0n) is 18.3. The van der Waals surface area contributed by atoms with Crippen LogP contribution in [0.5, 0.6) is 0 Å². The van der Waals surface area contributed by atoms with Gasteiger partial charge < -0.3 is 15.2 Å². The Morgan fingerprint density at radius 2 is 1.67 bits per heavy atom. The van der Waals surface area contributed by atoms with Crippen molar-refractivity contribution in [2.45, 2.75) is 25.9 Å². The molecule has 0 bridgehead atoms. The van der Waals surface area contributed by atoms with Crippen molar-refractivity contribution in [3.05, 3.63) is 101 Å². The molecule has 2 amide bonds. The first-order valence-corrected chi connectivity index (χ1v) is 11.2. The van der Waals surface area contributed by atoms with Crippen molar-refractivity contribution in [2.75, 3.05) is 6.54 Å². The molecule has 0 fully saturated rings. The van der Waals surface area contributed by atoms with Gasteiger partial charge in [0.2, 0.25) is 5.91 Å². The molecule has 0 saturated heterocycles. The number of aromatic nitrogens is 2. The van der Waals surface area contributed by atoms with E-state index in [1.165, 1.54) is 0 Å². The van der Waals surface area contributed by atoms with Crippen LogP contribution >= 0.6 is 11.6 Å². The van der Waals surface area contributed by atoms with Gasteiger partial charge in [0, 0.05) is 30.1 Å². The summed E-state index contributed by atoms with van der Waals surface area (Å²) < 4.78 is 2.08. The van der Waals surface area contributed by atoms with Crippen LogP contribution in [-0.4, -0.2) is 34.0 Å². The Labute approximate surface area is 197 Å². The Morgan fingerprint density at radius 1 is 0.970 bits per heavy atom. The molecule has 0 unspecified atom stereocenters. The number of imidazole rings is 1. The number of halogens is 1. The molecule has 0 radical (unpaired) electrons. The number of rotatable bonds is 8. The normalized spacial score (nSPS) is 11.8. The SMILES string of the molecule is Cc1nc2ccccc2n1CCNC(=O)[C@H](Cc1ccccc1)NC(=O)c1ccc(Cl)cc1. The molecule has 6 nitrogen and oxygen atoms in total. The van der Waals surface area contributed by atoms with Crippen LogP contribution < -0.4 is 10.6 Å². The van der Waals surface area contributed by atoms with Gasteiger partial charge in [-0.1, -0.05) is 54.1 Å². The highest BCUT2D eigenvalue weighted by Crippen LogP contribution is 2.15. The van der Waals surface area contributed by atoms with Crippen molar-refractivity contribution >= 4 is 34.4 Å². The number of carbonyl (C=O) groups excluding carboxylic acids is 2. The quantitative estimate of drug-likeness (QED) is 0.414. The number of benzene rings is 3. The first-order valence-electron chi connectivity index (χ1n) is 10.8. The van der Waals surface area contributed by atoms with Crippen LogP contribution in [0, 0.1) is 6.92 Å². The summed E-state index contributed by atoms with van der Waals surface area (Å²) in [6.45, 7) is 2.95. The fourth-order valence-electron chi connectivity index (χ4n) is 3.79. The van der Waals surface area contributed by atoms with Crippen molar-refractivity contribution in [3.63, 3.8) is 0 Å². The average Bonchev–Trinajstić information content (AvgIpc) is 3.14. The highest BCUT2D eigenvalue weighted by atomic mass is 35.5. The maximum atomic E-state index is 13.1. The van der Waals surface area contributed by atoms with Crippen molar-refractivity contribution in [1.29, 1.82) is 0 Å². The number of nitrogens with one attached hydrogen (secondary N) is 2. The number of hydrogen-bond acceptors (Lipinski definition) is 3. The monoisotopic (exact) mass is 460 g/mol. The first-order chi connectivity index (χ1) is 16.0. The highest BCUT2D eigenvalue weighted by Gasteiger charge is 2.22. The zero-order valence-corrected chi connectivity index (χ0v) is 19.0. The number of carbonyl (C=O) groups is 2. The number of hydrogen-bond donors (Lipinski definition) is 2. The molecule has 4 aromatic rings. The van der Waals surface area contributed by atoms with Gasteiger partial charge in [0.15, 0.2) is 0 Å². The molecule has 168 valence electrons. The Hall–Kier alpha value is -3.64. The van der Waals surface area contributed by atoms with E-state index >= 15 is 0 Å². The van der Waals surface area contributed by atoms with E-state index in [4.69, 9.17) is 11.6 Å². The standard InChI is InChI=1S/C26H25ClN4O2/c1-18-29-22-9-5-6-10-24(22)31(18)16-15-28-26(33)23(17-19-7-3-2-4-8-19)30-25(32)20-11-13-21(27)14-12-20/h2-14,23H,15-17H2,1H3,(H,28,33)(H,30,32)/t23-/m0/s1. The molecular weight excluding hydrogens is 436 g/mol. The minimum Gasteiger partial charge on any atom is -0.353 e. The second-order valence-electron chi connectivity index (χ2n) is 7.81. The van der Waals surface area contributed by atoms with Crippen LogP contribution in [0.4, 0.5) is 0 Å². The Morgan fingerprint density at radius 3 is 2.42 bits per heavy atom. The van der Waals surface area contributed by atoms with E-state index in [0.717, 1.165) is 22.4 Å². The minimum absolute atomic E-state index is 0.233. The summed E-state index contributed by atoms with van der Waals surface area (Å²) >= 11 is 5.92. The third-order valence-corrected chi connectivity index (χ3v) is 5.74. The van der Waals surface area contributed by atoms with E-state index < -0.39 is 6.04 Å². The fourth-order valence-corrected chi connectivity index (χ4v) is 3.92. The summed E-state index contributed by atoms with van der Waals surface area (Å²) in [6, 6.07) is 23.4. The second-order valence-corrected chi connectivity index (χ2v) is 8.25. The van der Waals surface area contributed by atoms with Gasteiger partial charge in [0.25, 0.3) is 5.91 Å². The molecule has 0 spiro atoms. The maximum Gasteiger partial charge on any atom is 0.251 e. The number of amides is 2. The number of para-hydroxylation sites is 2. The van der Waals surface area contributed by atoms with Crippen LogP contribution in [0.15, 0.2) is 78.9 Å². The molecule has 2 N–H and O–H groups in total. The van der Waals surface area contributed by atoms with Gasteiger partial charge in [0.1, 0.15) is 11.9 Å². The van der Waals surface area contributed by atoms with Gasteiger partial charge in [-0.05, 0) is 48.9 Å². The molecule has 0 aliphatic carbocycles. The summed E-state index contributed by atoms with van der Waals surface area (Å²) in [5.41, 5.74) is 3.37. The number of aryl methyl sites for hydroxylation is 1. The third kappa shape index (κ3) is 5.59. The second kappa shape index (κ2) is 10.3. The molecule has 1 aromatic heterocycles. The van der Waals surface area contributed by atoms with Crippen LogP contribution in [0.1, 0.15) is 21.7 Å². The van der Waals surface area contributed by atoms with Crippen LogP contribution in [0.25, 0.3) is 11.0 Å². The lowest BCUT2D eigenvalue weighted by atomic mass is 10.0. The van der Waals surface area contributed by atoms with Gasteiger partial charge in [-0.15, -0.1) is 0 Å². The van der Waals surface area contributed by atoms with E-state index in [0.29, 0.717) is 30.1 Å². The average molecular weight is 461 g/mol. The number of nitrogens with zero attached hydrogens (tertiary/aromatic N) is 2. The van der Waals surface area contributed by atoms with E-state index in [2.05, 4.69) is 20.2 Å². The molecule has 7 heteroatoms.